The molecule has 2 aromatic heterocycles. The number of aryl methyl sites for hydroxylation is 1. The van der Waals surface area contributed by atoms with Crippen molar-refractivity contribution in [1.82, 2.24) is 20.2 Å². The van der Waals surface area contributed by atoms with Crippen LogP contribution in [0.4, 0.5) is 16.4 Å². The first-order valence-corrected chi connectivity index (χ1v) is 9.93. The van der Waals surface area contributed by atoms with Gasteiger partial charge in [0.15, 0.2) is 0 Å². The van der Waals surface area contributed by atoms with Gasteiger partial charge in [-0.25, -0.2) is 14.8 Å². The van der Waals surface area contributed by atoms with Gasteiger partial charge < -0.3 is 16.0 Å². The quantitative estimate of drug-likeness (QED) is 0.619. The molecule has 8 heteroatoms. The molecule has 4 N–H and O–H groups in total. The zero-order valence-electron chi connectivity index (χ0n) is 17.0. The summed E-state index contributed by atoms with van der Waals surface area (Å²) in [5, 5.41) is 6.94. The summed E-state index contributed by atoms with van der Waals surface area (Å²) in [5.74, 6) is 0.672. The molecule has 0 bridgehead atoms. The topological polar surface area (TPSA) is 113 Å². The summed E-state index contributed by atoms with van der Waals surface area (Å²) in [4.78, 5) is 34.7. The van der Waals surface area contributed by atoms with Gasteiger partial charge in [-0.3, -0.25) is 10.1 Å². The summed E-state index contributed by atoms with van der Waals surface area (Å²) in [6.45, 7) is 2.73. The summed E-state index contributed by atoms with van der Waals surface area (Å²) in [6, 6.07) is 10.8. The number of anilines is 2. The van der Waals surface area contributed by atoms with Crippen molar-refractivity contribution in [3.63, 3.8) is 0 Å². The van der Waals surface area contributed by atoms with Crippen LogP contribution in [0.3, 0.4) is 0 Å². The first-order chi connectivity index (χ1) is 14.5. The molecule has 8 nitrogen and oxygen atoms in total. The maximum absolute atomic E-state index is 12.3. The molecule has 3 heterocycles. The van der Waals surface area contributed by atoms with Crippen molar-refractivity contribution in [2.45, 2.75) is 25.8 Å². The van der Waals surface area contributed by atoms with Crippen molar-refractivity contribution in [1.29, 1.82) is 0 Å². The number of rotatable bonds is 4. The first kappa shape index (κ1) is 19.6. The number of pyridine rings is 2. The van der Waals surface area contributed by atoms with Crippen LogP contribution in [0.25, 0.3) is 22.0 Å². The van der Waals surface area contributed by atoms with Gasteiger partial charge in [-0.15, -0.1) is 0 Å². The van der Waals surface area contributed by atoms with Gasteiger partial charge in [-0.2, -0.15) is 0 Å². The average Bonchev–Trinajstić information content (AvgIpc) is 3.05. The fourth-order valence-electron chi connectivity index (χ4n) is 3.73. The van der Waals surface area contributed by atoms with Crippen LogP contribution in [-0.2, 0) is 11.2 Å². The Bertz CT molecular complexity index is 1130. The van der Waals surface area contributed by atoms with Crippen LogP contribution in [0.5, 0.6) is 0 Å². The Morgan fingerprint density at radius 3 is 2.83 bits per heavy atom. The van der Waals surface area contributed by atoms with E-state index in [1.165, 1.54) is 5.56 Å². The number of fused-ring (bicyclic) bond motifs is 1. The first-order valence-electron chi connectivity index (χ1n) is 9.93. The summed E-state index contributed by atoms with van der Waals surface area (Å²) in [5.41, 5.74) is 9.17. The molecule has 0 saturated carbocycles. The zero-order valence-corrected chi connectivity index (χ0v) is 17.0. The van der Waals surface area contributed by atoms with E-state index < -0.39 is 12.1 Å². The number of aromatic nitrogens is 2. The summed E-state index contributed by atoms with van der Waals surface area (Å²) in [6.07, 6.45) is 3.07. The van der Waals surface area contributed by atoms with Crippen molar-refractivity contribution in [2.75, 3.05) is 24.6 Å². The molecule has 1 aliphatic rings. The molecule has 3 amide bonds. The van der Waals surface area contributed by atoms with Crippen molar-refractivity contribution >= 4 is 34.3 Å². The normalized spacial score (nSPS) is 16.1. The number of hydrogen-bond donors (Lipinski definition) is 3. The average molecular weight is 404 g/mol. The fourth-order valence-corrected chi connectivity index (χ4v) is 3.73. The van der Waals surface area contributed by atoms with Gasteiger partial charge in [-0.1, -0.05) is 31.2 Å². The zero-order chi connectivity index (χ0) is 21.3. The van der Waals surface area contributed by atoms with Crippen molar-refractivity contribution in [3.05, 3.63) is 48.2 Å². The molecule has 30 heavy (non-hydrogen) atoms. The van der Waals surface area contributed by atoms with Crippen LogP contribution >= 0.6 is 0 Å². The lowest BCUT2D eigenvalue weighted by molar-refractivity contribution is -0.128. The van der Waals surface area contributed by atoms with E-state index in [-0.39, 0.29) is 5.91 Å². The third kappa shape index (κ3) is 3.76. The number of carbonyl (C=O) groups is 2. The molecule has 1 saturated heterocycles. The number of likely N-dealkylation sites (N-methyl/N-ethyl adjacent to an activating group) is 1. The van der Waals surface area contributed by atoms with E-state index in [0.717, 1.165) is 23.1 Å². The van der Waals surface area contributed by atoms with Crippen LogP contribution < -0.4 is 16.4 Å². The molecule has 3 aromatic rings. The van der Waals surface area contributed by atoms with E-state index in [1.807, 2.05) is 24.3 Å². The Hall–Kier alpha value is -3.68. The molecule has 0 unspecified atom stereocenters. The van der Waals surface area contributed by atoms with Crippen LogP contribution in [-0.4, -0.2) is 46.4 Å². The number of likely N-dealkylation sites (tertiary alicyclic amines) is 1. The minimum Gasteiger partial charge on any atom is -0.383 e. The number of benzene rings is 1. The lowest BCUT2D eigenvalue weighted by Crippen LogP contribution is -2.42. The lowest BCUT2D eigenvalue weighted by Gasteiger charge is -2.13. The van der Waals surface area contributed by atoms with E-state index >= 15 is 0 Å². The minimum atomic E-state index is -0.507. The lowest BCUT2D eigenvalue weighted by atomic mass is 10.0. The molecule has 1 atom stereocenters. The fraction of sp³-hybridized carbons (Fsp3) is 0.273. The largest absolute Gasteiger partial charge is 0.383 e. The molecule has 4 rings (SSSR count). The highest BCUT2D eigenvalue weighted by molar-refractivity contribution is 5.98. The molecule has 0 spiro atoms. The monoisotopic (exact) mass is 404 g/mol. The highest BCUT2D eigenvalue weighted by Gasteiger charge is 2.30. The Kier molecular flexibility index (Phi) is 5.22. The van der Waals surface area contributed by atoms with Crippen molar-refractivity contribution < 1.29 is 9.59 Å². The highest BCUT2D eigenvalue weighted by Crippen LogP contribution is 2.29. The van der Waals surface area contributed by atoms with Crippen LogP contribution in [0.1, 0.15) is 18.9 Å². The van der Waals surface area contributed by atoms with Crippen LogP contribution in [0, 0.1) is 0 Å². The Balaban J connectivity index is 1.60. The molecule has 0 aliphatic carbocycles. The van der Waals surface area contributed by atoms with E-state index in [4.69, 9.17) is 5.73 Å². The molecule has 154 valence electrons. The van der Waals surface area contributed by atoms with Gasteiger partial charge in [-0.05, 0) is 35.9 Å². The SMILES string of the molecule is CCc1ccccc1-c1cc2cc(NC(=O)N[C@@H]3CCN(C)C3=O)ncc2c(N)n1. The second-order valence-electron chi connectivity index (χ2n) is 7.39. The van der Waals surface area contributed by atoms with Crippen LogP contribution in [0.2, 0.25) is 0 Å². The van der Waals surface area contributed by atoms with Gasteiger partial charge in [0.2, 0.25) is 5.91 Å². The molecule has 1 aliphatic heterocycles. The molecular formula is C22H24N6O2. The Morgan fingerprint density at radius 2 is 2.10 bits per heavy atom. The van der Waals surface area contributed by atoms with E-state index in [1.54, 1.807) is 24.2 Å². The van der Waals surface area contributed by atoms with E-state index in [2.05, 4.69) is 33.6 Å². The number of nitrogens with zero attached hydrogens (tertiary/aromatic N) is 3. The maximum Gasteiger partial charge on any atom is 0.321 e. The summed E-state index contributed by atoms with van der Waals surface area (Å²) >= 11 is 0. The number of hydrogen-bond acceptors (Lipinski definition) is 5. The second kappa shape index (κ2) is 7.98. The number of nitrogens with two attached hydrogens (primary N) is 1. The number of nitrogens with one attached hydrogen (secondary N) is 2. The van der Waals surface area contributed by atoms with Crippen molar-refractivity contribution in [3.8, 4) is 11.3 Å². The van der Waals surface area contributed by atoms with Crippen molar-refractivity contribution in [2.24, 2.45) is 0 Å². The maximum atomic E-state index is 12.3. The second-order valence-corrected chi connectivity index (χ2v) is 7.39. The molecule has 1 aromatic carbocycles. The highest BCUT2D eigenvalue weighted by atomic mass is 16.2. The van der Waals surface area contributed by atoms with Crippen LogP contribution in [0.15, 0.2) is 42.6 Å². The third-order valence-corrected chi connectivity index (χ3v) is 5.39. The predicted octanol–water partition coefficient (Wildman–Crippen LogP) is 2.79. The number of nitrogen functional groups attached to an aromatic ring is 1. The Morgan fingerprint density at radius 1 is 1.30 bits per heavy atom. The van der Waals surface area contributed by atoms with Gasteiger partial charge in [0.1, 0.15) is 17.7 Å². The van der Waals surface area contributed by atoms with E-state index in [9.17, 15) is 9.59 Å². The number of amides is 3. The summed E-state index contributed by atoms with van der Waals surface area (Å²) < 4.78 is 0. The third-order valence-electron chi connectivity index (χ3n) is 5.39. The number of urea groups is 1. The predicted molar refractivity (Wildman–Crippen MR) is 117 cm³/mol. The molecular weight excluding hydrogens is 380 g/mol. The molecule has 1 fully saturated rings. The smallest absolute Gasteiger partial charge is 0.321 e. The minimum absolute atomic E-state index is 0.0882. The van der Waals surface area contributed by atoms with E-state index in [0.29, 0.717) is 30.0 Å². The van der Waals surface area contributed by atoms with Gasteiger partial charge in [0, 0.05) is 30.7 Å². The standard InChI is InChI=1S/C22H24N6O2/c1-3-13-6-4-5-7-15(13)18-10-14-11-19(24-12-16(14)20(23)25-18)27-22(30)26-17-8-9-28(2)21(17)29/h4-7,10-12,17H,3,8-9H2,1-2H3,(H2,23,25)(H2,24,26,27,30)/t17-/m1/s1. The Labute approximate surface area is 174 Å². The number of carbonyl (C=O) groups excluding carboxylic acids is 2. The van der Waals surface area contributed by atoms with Gasteiger partial charge >= 0.3 is 6.03 Å². The molecule has 0 radical (unpaired) electrons. The van der Waals surface area contributed by atoms with Gasteiger partial charge in [0.25, 0.3) is 0 Å². The summed E-state index contributed by atoms with van der Waals surface area (Å²) in [7, 11) is 1.72. The van der Waals surface area contributed by atoms with Gasteiger partial charge in [0.05, 0.1) is 5.69 Å².